The first-order valence-corrected chi connectivity index (χ1v) is 8.20. The maximum atomic E-state index is 12.4. The van der Waals surface area contributed by atoms with E-state index in [-0.39, 0.29) is 11.8 Å². The second-order valence-electron chi connectivity index (χ2n) is 6.27. The minimum absolute atomic E-state index is 0.0439. The van der Waals surface area contributed by atoms with Crippen LogP contribution in [0.25, 0.3) is 0 Å². The standard InChI is InChI=1S/C16H23N5O2/c1-4-11(2)14-18-15(23-19-14)12-5-7-21(8-6-12)16(22)13-9-17-20(3)10-13/h9-12H,4-8H2,1-3H3. The van der Waals surface area contributed by atoms with Crippen LogP contribution in [0.4, 0.5) is 0 Å². The highest BCUT2D eigenvalue weighted by molar-refractivity contribution is 5.93. The Bertz CT molecular complexity index is 670. The van der Waals surface area contributed by atoms with Gasteiger partial charge >= 0.3 is 0 Å². The summed E-state index contributed by atoms with van der Waals surface area (Å²) < 4.78 is 7.08. The molecule has 3 rings (SSSR count). The average Bonchev–Trinajstić information content (AvgIpc) is 3.23. The Morgan fingerprint density at radius 1 is 1.43 bits per heavy atom. The van der Waals surface area contributed by atoms with Gasteiger partial charge in [-0.15, -0.1) is 0 Å². The molecule has 0 spiro atoms. The van der Waals surface area contributed by atoms with E-state index in [9.17, 15) is 4.79 Å². The van der Waals surface area contributed by atoms with Gasteiger partial charge in [0.05, 0.1) is 11.8 Å². The number of amides is 1. The minimum atomic E-state index is 0.0439. The number of carbonyl (C=O) groups excluding carboxylic acids is 1. The van der Waals surface area contributed by atoms with Crippen LogP contribution in [0.15, 0.2) is 16.9 Å². The lowest BCUT2D eigenvalue weighted by molar-refractivity contribution is 0.0704. The van der Waals surface area contributed by atoms with Crippen LogP contribution in [0.1, 0.15) is 67.0 Å². The van der Waals surface area contributed by atoms with Gasteiger partial charge in [-0.05, 0) is 19.3 Å². The van der Waals surface area contributed by atoms with Crippen LogP contribution in [0, 0.1) is 0 Å². The first kappa shape index (κ1) is 15.7. The molecular formula is C16H23N5O2. The average molecular weight is 317 g/mol. The predicted octanol–water partition coefficient (Wildman–Crippen LogP) is 2.34. The van der Waals surface area contributed by atoms with Crippen LogP contribution in [0.5, 0.6) is 0 Å². The van der Waals surface area contributed by atoms with Crippen LogP contribution in [-0.2, 0) is 7.05 Å². The van der Waals surface area contributed by atoms with Crippen LogP contribution in [0.3, 0.4) is 0 Å². The molecule has 1 unspecified atom stereocenters. The fraction of sp³-hybridized carbons (Fsp3) is 0.625. The van der Waals surface area contributed by atoms with Crippen molar-refractivity contribution in [2.75, 3.05) is 13.1 Å². The Kier molecular flexibility index (Phi) is 4.45. The summed E-state index contributed by atoms with van der Waals surface area (Å²) in [6.07, 6.45) is 6.08. The molecule has 124 valence electrons. The zero-order valence-corrected chi connectivity index (χ0v) is 13.9. The molecule has 7 nitrogen and oxygen atoms in total. The monoisotopic (exact) mass is 317 g/mol. The Balaban J connectivity index is 1.60. The van der Waals surface area contributed by atoms with Gasteiger partial charge in [0.1, 0.15) is 0 Å². The molecule has 0 N–H and O–H groups in total. The first-order chi connectivity index (χ1) is 11.1. The number of hydrogen-bond donors (Lipinski definition) is 0. The zero-order valence-electron chi connectivity index (χ0n) is 13.9. The Labute approximate surface area is 135 Å². The third-order valence-electron chi connectivity index (χ3n) is 4.59. The van der Waals surface area contributed by atoms with E-state index < -0.39 is 0 Å². The largest absolute Gasteiger partial charge is 0.339 e. The predicted molar refractivity (Wildman–Crippen MR) is 84.1 cm³/mol. The van der Waals surface area contributed by atoms with Crippen molar-refractivity contribution in [3.05, 3.63) is 29.7 Å². The molecular weight excluding hydrogens is 294 g/mol. The first-order valence-electron chi connectivity index (χ1n) is 8.20. The summed E-state index contributed by atoms with van der Waals surface area (Å²) in [7, 11) is 1.81. The van der Waals surface area contributed by atoms with Crippen molar-refractivity contribution in [3.63, 3.8) is 0 Å². The second-order valence-corrected chi connectivity index (χ2v) is 6.27. The Morgan fingerprint density at radius 3 is 2.78 bits per heavy atom. The van der Waals surface area contributed by atoms with Crippen molar-refractivity contribution in [2.45, 2.75) is 44.9 Å². The van der Waals surface area contributed by atoms with Crippen LogP contribution < -0.4 is 0 Å². The van der Waals surface area contributed by atoms with Crippen molar-refractivity contribution in [3.8, 4) is 0 Å². The van der Waals surface area contributed by atoms with Crippen LogP contribution >= 0.6 is 0 Å². The molecule has 23 heavy (non-hydrogen) atoms. The number of nitrogens with zero attached hydrogens (tertiary/aromatic N) is 5. The van der Waals surface area contributed by atoms with Crippen molar-refractivity contribution in [1.29, 1.82) is 0 Å². The molecule has 1 fully saturated rings. The zero-order chi connectivity index (χ0) is 16.4. The normalized spacial score (nSPS) is 17.4. The van der Waals surface area contributed by atoms with Gasteiger partial charge in [0, 0.05) is 38.2 Å². The molecule has 0 aliphatic carbocycles. The number of likely N-dealkylation sites (tertiary alicyclic amines) is 1. The smallest absolute Gasteiger partial charge is 0.257 e. The summed E-state index contributed by atoms with van der Waals surface area (Å²) in [6, 6.07) is 0. The molecule has 1 atom stereocenters. The van der Waals surface area contributed by atoms with Crippen molar-refractivity contribution < 1.29 is 9.32 Å². The van der Waals surface area contributed by atoms with Gasteiger partial charge in [-0.3, -0.25) is 9.48 Å². The maximum absolute atomic E-state index is 12.4. The van der Waals surface area contributed by atoms with Gasteiger partial charge < -0.3 is 9.42 Å². The Hall–Kier alpha value is -2.18. The molecule has 0 saturated carbocycles. The molecule has 0 radical (unpaired) electrons. The highest BCUT2D eigenvalue weighted by Crippen LogP contribution is 2.28. The summed E-state index contributed by atoms with van der Waals surface area (Å²) in [5.41, 5.74) is 0.641. The van der Waals surface area contributed by atoms with Gasteiger partial charge in [0.25, 0.3) is 5.91 Å². The molecule has 1 aliphatic heterocycles. The second kappa shape index (κ2) is 6.52. The van der Waals surface area contributed by atoms with Crippen molar-refractivity contribution in [1.82, 2.24) is 24.8 Å². The number of carbonyl (C=O) groups is 1. The molecule has 1 saturated heterocycles. The lowest BCUT2D eigenvalue weighted by atomic mass is 9.96. The highest BCUT2D eigenvalue weighted by atomic mass is 16.5. The van der Waals surface area contributed by atoms with E-state index in [4.69, 9.17) is 4.52 Å². The van der Waals surface area contributed by atoms with E-state index in [1.165, 1.54) is 0 Å². The molecule has 1 amide bonds. The summed E-state index contributed by atoms with van der Waals surface area (Å²) in [4.78, 5) is 18.8. The third kappa shape index (κ3) is 3.28. The van der Waals surface area contributed by atoms with Gasteiger partial charge in [-0.2, -0.15) is 10.1 Å². The highest BCUT2D eigenvalue weighted by Gasteiger charge is 2.28. The number of aromatic nitrogens is 4. The van der Waals surface area contributed by atoms with E-state index in [1.807, 2.05) is 11.9 Å². The molecule has 0 bridgehead atoms. The van der Waals surface area contributed by atoms with E-state index >= 15 is 0 Å². The summed E-state index contributed by atoms with van der Waals surface area (Å²) in [6.45, 7) is 5.63. The number of hydrogen-bond acceptors (Lipinski definition) is 5. The lowest BCUT2D eigenvalue weighted by Gasteiger charge is -2.30. The number of piperidine rings is 1. The van der Waals surface area contributed by atoms with E-state index in [0.717, 1.165) is 25.1 Å². The topological polar surface area (TPSA) is 77.0 Å². The molecule has 3 heterocycles. The molecule has 7 heteroatoms. The fourth-order valence-electron chi connectivity index (χ4n) is 2.84. The minimum Gasteiger partial charge on any atom is -0.339 e. The summed E-state index contributed by atoms with van der Waals surface area (Å²) >= 11 is 0. The SMILES string of the molecule is CCC(C)c1noc(C2CCN(C(=O)c3cnn(C)c3)CC2)n1. The fourth-order valence-corrected chi connectivity index (χ4v) is 2.84. The molecule has 2 aromatic heterocycles. The van der Waals surface area contributed by atoms with Crippen LogP contribution in [0.2, 0.25) is 0 Å². The third-order valence-corrected chi connectivity index (χ3v) is 4.59. The lowest BCUT2D eigenvalue weighted by Crippen LogP contribution is -2.37. The van der Waals surface area contributed by atoms with Crippen molar-refractivity contribution >= 4 is 5.91 Å². The van der Waals surface area contributed by atoms with Gasteiger partial charge in [0.2, 0.25) is 5.89 Å². The molecule has 0 aromatic carbocycles. The molecule has 2 aromatic rings. The molecule has 1 aliphatic rings. The van der Waals surface area contributed by atoms with Gasteiger partial charge in [-0.25, -0.2) is 0 Å². The van der Waals surface area contributed by atoms with E-state index in [0.29, 0.717) is 30.5 Å². The Morgan fingerprint density at radius 2 is 2.17 bits per heavy atom. The van der Waals surface area contributed by atoms with E-state index in [2.05, 4.69) is 29.1 Å². The quantitative estimate of drug-likeness (QED) is 0.865. The summed E-state index contributed by atoms with van der Waals surface area (Å²) in [5.74, 6) is 2.12. The summed E-state index contributed by atoms with van der Waals surface area (Å²) in [5, 5.41) is 8.15. The maximum Gasteiger partial charge on any atom is 0.257 e. The van der Waals surface area contributed by atoms with Crippen molar-refractivity contribution in [2.24, 2.45) is 7.05 Å². The van der Waals surface area contributed by atoms with Gasteiger partial charge in [-0.1, -0.05) is 19.0 Å². The number of rotatable bonds is 4. The van der Waals surface area contributed by atoms with Gasteiger partial charge in [0.15, 0.2) is 5.82 Å². The van der Waals surface area contributed by atoms with E-state index in [1.54, 1.807) is 17.1 Å². The van der Waals surface area contributed by atoms with Crippen LogP contribution in [-0.4, -0.2) is 43.8 Å². The number of aryl methyl sites for hydroxylation is 1.